The highest BCUT2D eigenvalue weighted by Gasteiger charge is 2.18. The van der Waals surface area contributed by atoms with Crippen molar-refractivity contribution in [2.45, 2.75) is 27.3 Å². The molecule has 0 unspecified atom stereocenters. The van der Waals surface area contributed by atoms with Crippen LogP contribution >= 0.6 is 0 Å². The highest BCUT2D eigenvalue weighted by Crippen LogP contribution is 2.23. The molecule has 4 rings (SSSR count). The Morgan fingerprint density at radius 3 is 2.30 bits per heavy atom. The van der Waals surface area contributed by atoms with Crippen LogP contribution in [-0.4, -0.2) is 22.9 Å². The Kier molecular flexibility index (Phi) is 6.27. The van der Waals surface area contributed by atoms with Gasteiger partial charge in [0.05, 0.1) is 13.1 Å². The molecule has 0 aliphatic rings. The maximum atomic E-state index is 14.3. The standard InChI is InChI=1S/C27H26FN3O2/c1-17-12-18(2)26(19(3)13-17)30-25(32)15-29-27(33)24-14-20-8-5-7-11-23(20)31(24)16-21-9-4-6-10-22(21)28/h4-14H,15-16H2,1-3H3,(H,29,33)(H,30,32). The first-order valence-corrected chi connectivity index (χ1v) is 10.8. The Balaban J connectivity index is 1.54. The molecule has 1 aromatic heterocycles. The first-order valence-electron chi connectivity index (χ1n) is 10.8. The van der Waals surface area contributed by atoms with Gasteiger partial charge in [-0.1, -0.05) is 54.1 Å². The number of hydrogen-bond donors (Lipinski definition) is 2. The predicted octanol–water partition coefficient (Wildman–Crippen LogP) is 5.12. The Bertz CT molecular complexity index is 1330. The number of aromatic nitrogens is 1. The first kappa shape index (κ1) is 22.3. The van der Waals surface area contributed by atoms with Gasteiger partial charge in [0.25, 0.3) is 5.91 Å². The molecule has 3 aromatic carbocycles. The van der Waals surface area contributed by atoms with Crippen molar-refractivity contribution in [3.8, 4) is 0 Å². The summed E-state index contributed by atoms with van der Waals surface area (Å²) in [6.45, 7) is 5.92. The Hall–Kier alpha value is -3.93. The number of halogens is 1. The average molecular weight is 444 g/mol. The highest BCUT2D eigenvalue weighted by molar-refractivity contribution is 6.02. The van der Waals surface area contributed by atoms with Crippen LogP contribution in [0.4, 0.5) is 10.1 Å². The molecule has 6 heteroatoms. The molecule has 1 heterocycles. The minimum Gasteiger partial charge on any atom is -0.342 e. The van der Waals surface area contributed by atoms with E-state index in [1.807, 2.05) is 57.2 Å². The lowest BCUT2D eigenvalue weighted by atomic mass is 10.1. The van der Waals surface area contributed by atoms with Crippen LogP contribution in [0.25, 0.3) is 10.9 Å². The number of anilines is 1. The minimum absolute atomic E-state index is 0.174. The van der Waals surface area contributed by atoms with E-state index in [1.165, 1.54) is 6.07 Å². The van der Waals surface area contributed by atoms with Crippen molar-refractivity contribution in [2.24, 2.45) is 0 Å². The van der Waals surface area contributed by atoms with Crippen LogP contribution in [-0.2, 0) is 11.3 Å². The molecule has 0 fully saturated rings. The number of carbonyl (C=O) groups excluding carboxylic acids is 2. The fourth-order valence-corrected chi connectivity index (χ4v) is 4.18. The molecule has 4 aromatic rings. The fourth-order valence-electron chi connectivity index (χ4n) is 4.18. The summed E-state index contributed by atoms with van der Waals surface area (Å²) in [7, 11) is 0. The van der Waals surface area contributed by atoms with Crippen LogP contribution < -0.4 is 10.6 Å². The van der Waals surface area contributed by atoms with Crippen molar-refractivity contribution in [3.63, 3.8) is 0 Å². The first-order chi connectivity index (χ1) is 15.8. The third-order valence-corrected chi connectivity index (χ3v) is 5.68. The van der Waals surface area contributed by atoms with Gasteiger partial charge in [0, 0.05) is 22.2 Å². The Morgan fingerprint density at radius 1 is 0.909 bits per heavy atom. The molecule has 33 heavy (non-hydrogen) atoms. The summed E-state index contributed by atoms with van der Waals surface area (Å²) in [5, 5.41) is 6.47. The van der Waals surface area contributed by atoms with Gasteiger partial charge in [0.2, 0.25) is 5.91 Å². The van der Waals surface area contributed by atoms with Crippen molar-refractivity contribution in [2.75, 3.05) is 11.9 Å². The van der Waals surface area contributed by atoms with Gasteiger partial charge in [-0.15, -0.1) is 0 Å². The van der Waals surface area contributed by atoms with Crippen LogP contribution in [0, 0.1) is 26.6 Å². The van der Waals surface area contributed by atoms with Crippen molar-refractivity contribution in [3.05, 3.63) is 100 Å². The van der Waals surface area contributed by atoms with E-state index in [9.17, 15) is 14.0 Å². The quantitative estimate of drug-likeness (QED) is 0.434. The third-order valence-electron chi connectivity index (χ3n) is 5.68. The van der Waals surface area contributed by atoms with E-state index in [4.69, 9.17) is 0 Å². The lowest BCUT2D eigenvalue weighted by Gasteiger charge is -2.14. The summed E-state index contributed by atoms with van der Waals surface area (Å²) >= 11 is 0. The normalized spacial score (nSPS) is 10.9. The summed E-state index contributed by atoms with van der Waals surface area (Å²) in [4.78, 5) is 25.6. The second kappa shape index (κ2) is 9.28. The molecule has 0 spiro atoms. The second-order valence-corrected chi connectivity index (χ2v) is 8.27. The lowest BCUT2D eigenvalue weighted by molar-refractivity contribution is -0.115. The van der Waals surface area contributed by atoms with Gasteiger partial charge in [-0.05, 0) is 50.1 Å². The lowest BCUT2D eigenvalue weighted by Crippen LogP contribution is -2.34. The second-order valence-electron chi connectivity index (χ2n) is 8.27. The summed E-state index contributed by atoms with van der Waals surface area (Å²) in [6, 6.07) is 19.8. The summed E-state index contributed by atoms with van der Waals surface area (Å²) in [5.74, 6) is -1.03. The molecule has 168 valence electrons. The topological polar surface area (TPSA) is 63.1 Å². The number of rotatable bonds is 6. The van der Waals surface area contributed by atoms with Crippen LogP contribution in [0.5, 0.6) is 0 Å². The predicted molar refractivity (Wildman–Crippen MR) is 129 cm³/mol. The van der Waals surface area contributed by atoms with Gasteiger partial charge < -0.3 is 15.2 Å². The maximum absolute atomic E-state index is 14.3. The Morgan fingerprint density at radius 2 is 1.58 bits per heavy atom. The highest BCUT2D eigenvalue weighted by atomic mass is 19.1. The van der Waals surface area contributed by atoms with E-state index in [2.05, 4.69) is 10.6 Å². The number of hydrogen-bond acceptors (Lipinski definition) is 2. The number of nitrogens with one attached hydrogen (secondary N) is 2. The van der Waals surface area contributed by atoms with Gasteiger partial charge in [-0.25, -0.2) is 4.39 Å². The van der Waals surface area contributed by atoms with Gasteiger partial charge in [-0.2, -0.15) is 0 Å². The van der Waals surface area contributed by atoms with E-state index in [0.29, 0.717) is 11.3 Å². The van der Waals surface area contributed by atoms with E-state index >= 15 is 0 Å². The van der Waals surface area contributed by atoms with Gasteiger partial charge >= 0.3 is 0 Å². The number of carbonyl (C=O) groups is 2. The van der Waals surface area contributed by atoms with Gasteiger partial charge in [0.1, 0.15) is 11.5 Å². The van der Waals surface area contributed by atoms with Crippen molar-refractivity contribution in [1.82, 2.24) is 9.88 Å². The van der Waals surface area contributed by atoms with Gasteiger partial charge in [-0.3, -0.25) is 9.59 Å². The molecule has 0 saturated heterocycles. The summed E-state index contributed by atoms with van der Waals surface area (Å²) in [6.07, 6.45) is 0. The van der Waals surface area contributed by atoms with E-state index < -0.39 is 5.91 Å². The summed E-state index contributed by atoms with van der Waals surface area (Å²) < 4.78 is 16.1. The molecular weight excluding hydrogens is 417 g/mol. The zero-order chi connectivity index (χ0) is 23.5. The molecule has 2 amide bonds. The molecular formula is C27H26FN3O2. The molecule has 0 aliphatic carbocycles. The SMILES string of the molecule is Cc1cc(C)c(NC(=O)CNC(=O)c2cc3ccccc3n2Cc2ccccc2F)c(C)c1. The van der Waals surface area contributed by atoms with Gasteiger partial charge in [0.15, 0.2) is 0 Å². The zero-order valence-corrected chi connectivity index (χ0v) is 18.9. The van der Waals surface area contributed by atoms with Crippen molar-refractivity contribution < 1.29 is 14.0 Å². The van der Waals surface area contributed by atoms with Crippen LogP contribution in [0.3, 0.4) is 0 Å². The monoisotopic (exact) mass is 443 g/mol. The van der Waals surface area contributed by atoms with Crippen LogP contribution in [0.1, 0.15) is 32.7 Å². The van der Waals surface area contributed by atoms with E-state index in [0.717, 1.165) is 33.3 Å². The number of aryl methyl sites for hydroxylation is 3. The zero-order valence-electron chi connectivity index (χ0n) is 18.9. The number of nitrogens with zero attached hydrogens (tertiary/aromatic N) is 1. The molecule has 5 nitrogen and oxygen atoms in total. The number of para-hydroxylation sites is 1. The minimum atomic E-state index is -0.393. The van der Waals surface area contributed by atoms with Crippen molar-refractivity contribution >= 4 is 28.4 Å². The number of amides is 2. The third kappa shape index (κ3) is 4.80. The number of benzene rings is 3. The Labute approximate surface area is 192 Å². The molecule has 0 saturated carbocycles. The fraction of sp³-hybridized carbons (Fsp3) is 0.185. The molecule has 0 bridgehead atoms. The molecule has 0 atom stereocenters. The molecule has 2 N–H and O–H groups in total. The molecule has 0 aliphatic heterocycles. The molecule has 0 radical (unpaired) electrons. The summed E-state index contributed by atoms with van der Waals surface area (Å²) in [5.41, 5.74) is 5.49. The number of fused-ring (bicyclic) bond motifs is 1. The maximum Gasteiger partial charge on any atom is 0.268 e. The van der Waals surface area contributed by atoms with E-state index in [-0.39, 0.29) is 24.8 Å². The smallest absolute Gasteiger partial charge is 0.268 e. The van der Waals surface area contributed by atoms with Crippen molar-refractivity contribution in [1.29, 1.82) is 0 Å². The largest absolute Gasteiger partial charge is 0.342 e. The van der Waals surface area contributed by atoms with Crippen LogP contribution in [0.2, 0.25) is 0 Å². The van der Waals surface area contributed by atoms with Crippen LogP contribution in [0.15, 0.2) is 66.7 Å². The van der Waals surface area contributed by atoms with E-state index in [1.54, 1.807) is 28.8 Å². The average Bonchev–Trinajstić information content (AvgIpc) is 3.14.